The van der Waals surface area contributed by atoms with Crippen molar-refractivity contribution in [3.8, 4) is 12.3 Å². The first-order valence-corrected chi connectivity index (χ1v) is 5.52. The number of hydrogen-bond acceptors (Lipinski definition) is 1. The van der Waals surface area contributed by atoms with Gasteiger partial charge >= 0.3 is 0 Å². The van der Waals surface area contributed by atoms with Gasteiger partial charge in [-0.25, -0.2) is 0 Å². The number of benzene rings is 1. The van der Waals surface area contributed by atoms with E-state index >= 15 is 0 Å². The van der Waals surface area contributed by atoms with E-state index in [1.165, 1.54) is 11.1 Å². The van der Waals surface area contributed by atoms with Crippen LogP contribution in [0.4, 0.5) is 0 Å². The van der Waals surface area contributed by atoms with Crippen LogP contribution in [0.1, 0.15) is 36.3 Å². The molecule has 1 aliphatic rings. The van der Waals surface area contributed by atoms with Crippen LogP contribution in [0.25, 0.3) is 0 Å². The van der Waals surface area contributed by atoms with Gasteiger partial charge in [0, 0.05) is 12.3 Å². The Morgan fingerprint density at radius 1 is 1.47 bits per heavy atom. The lowest BCUT2D eigenvalue weighted by Crippen LogP contribution is -2.28. The Kier molecular flexibility index (Phi) is 3.08. The topological polar surface area (TPSA) is 20.2 Å². The van der Waals surface area contributed by atoms with Crippen LogP contribution in [0.5, 0.6) is 0 Å². The molecule has 0 aromatic heterocycles. The summed E-state index contributed by atoms with van der Waals surface area (Å²) in [7, 11) is 0. The standard InChI is InChI=1S/C14H16O/c1-2-3-4-9-14(15)13-10-11-7-5-6-8-12(11)13/h1,5-8,13-15H,3-4,9-10H2. The SMILES string of the molecule is C#CCCCC(O)C1Cc2ccccc21. The first-order chi connectivity index (χ1) is 7.33. The maximum absolute atomic E-state index is 9.97. The zero-order valence-electron chi connectivity index (χ0n) is 8.82. The number of rotatable bonds is 4. The first kappa shape index (κ1) is 10.3. The third kappa shape index (κ3) is 2.06. The van der Waals surface area contributed by atoms with E-state index in [4.69, 9.17) is 6.42 Å². The lowest BCUT2D eigenvalue weighted by Gasteiger charge is -2.33. The van der Waals surface area contributed by atoms with Crippen LogP contribution in [-0.2, 0) is 6.42 Å². The third-order valence-corrected chi connectivity index (χ3v) is 3.18. The fourth-order valence-corrected chi connectivity index (χ4v) is 2.26. The minimum absolute atomic E-state index is 0.215. The molecule has 0 bridgehead atoms. The summed E-state index contributed by atoms with van der Waals surface area (Å²) in [6.07, 6.45) is 8.51. The van der Waals surface area contributed by atoms with Gasteiger partial charge in [0.2, 0.25) is 0 Å². The van der Waals surface area contributed by atoms with Crippen LogP contribution in [0.15, 0.2) is 24.3 Å². The Balaban J connectivity index is 1.90. The Morgan fingerprint density at radius 2 is 2.27 bits per heavy atom. The second-order valence-electron chi connectivity index (χ2n) is 4.17. The fraction of sp³-hybridized carbons (Fsp3) is 0.429. The van der Waals surface area contributed by atoms with Crippen LogP contribution in [-0.4, -0.2) is 11.2 Å². The van der Waals surface area contributed by atoms with E-state index < -0.39 is 0 Å². The van der Waals surface area contributed by atoms with Crippen molar-refractivity contribution < 1.29 is 5.11 Å². The summed E-state index contributed by atoms with van der Waals surface area (Å²) < 4.78 is 0. The molecule has 1 aromatic rings. The minimum atomic E-state index is -0.215. The van der Waals surface area contributed by atoms with Gasteiger partial charge in [0.25, 0.3) is 0 Å². The highest BCUT2D eigenvalue weighted by molar-refractivity contribution is 5.40. The number of aliphatic hydroxyl groups is 1. The number of aliphatic hydroxyl groups excluding tert-OH is 1. The highest BCUT2D eigenvalue weighted by Gasteiger charge is 2.30. The molecule has 1 heteroatoms. The van der Waals surface area contributed by atoms with Gasteiger partial charge in [-0.2, -0.15) is 0 Å². The summed E-state index contributed by atoms with van der Waals surface area (Å²) in [6, 6.07) is 8.35. The number of fused-ring (bicyclic) bond motifs is 1. The summed E-state index contributed by atoms with van der Waals surface area (Å²) in [5, 5.41) is 9.97. The molecule has 0 saturated carbocycles. The van der Waals surface area contributed by atoms with Gasteiger partial charge in [-0.3, -0.25) is 0 Å². The maximum atomic E-state index is 9.97. The van der Waals surface area contributed by atoms with E-state index in [0.29, 0.717) is 5.92 Å². The largest absolute Gasteiger partial charge is 0.392 e. The molecule has 0 heterocycles. The average Bonchev–Trinajstić information content (AvgIpc) is 2.20. The molecule has 0 radical (unpaired) electrons. The van der Waals surface area contributed by atoms with Gasteiger partial charge in [-0.15, -0.1) is 12.3 Å². The van der Waals surface area contributed by atoms with Crippen molar-refractivity contribution in [3.05, 3.63) is 35.4 Å². The van der Waals surface area contributed by atoms with Gasteiger partial charge in [0.05, 0.1) is 6.10 Å². The molecule has 0 aliphatic heterocycles. The quantitative estimate of drug-likeness (QED) is 0.585. The van der Waals surface area contributed by atoms with Crippen molar-refractivity contribution in [1.82, 2.24) is 0 Å². The number of terminal acetylenes is 1. The third-order valence-electron chi connectivity index (χ3n) is 3.18. The molecule has 0 spiro atoms. The van der Waals surface area contributed by atoms with E-state index in [0.717, 1.165) is 25.7 Å². The second-order valence-corrected chi connectivity index (χ2v) is 4.17. The van der Waals surface area contributed by atoms with Crippen LogP contribution in [0, 0.1) is 12.3 Å². The Hall–Kier alpha value is -1.26. The maximum Gasteiger partial charge on any atom is 0.0612 e. The molecule has 1 aromatic carbocycles. The summed E-state index contributed by atoms with van der Waals surface area (Å²) in [5.41, 5.74) is 2.71. The van der Waals surface area contributed by atoms with Gasteiger partial charge in [0.1, 0.15) is 0 Å². The van der Waals surface area contributed by atoms with Crippen molar-refractivity contribution in [1.29, 1.82) is 0 Å². The molecule has 0 amide bonds. The predicted octanol–water partition coefficient (Wildman–Crippen LogP) is 2.49. The molecule has 0 fully saturated rings. The molecule has 1 aliphatic carbocycles. The van der Waals surface area contributed by atoms with E-state index in [-0.39, 0.29) is 6.10 Å². The van der Waals surface area contributed by atoms with Gasteiger partial charge in [0.15, 0.2) is 0 Å². The highest BCUT2D eigenvalue weighted by atomic mass is 16.3. The summed E-state index contributed by atoms with van der Waals surface area (Å²) in [5.74, 6) is 2.95. The highest BCUT2D eigenvalue weighted by Crippen LogP contribution is 2.38. The Labute approximate surface area is 91.1 Å². The second kappa shape index (κ2) is 4.51. The molecule has 1 N–H and O–H groups in total. The summed E-state index contributed by atoms with van der Waals surface area (Å²) in [4.78, 5) is 0. The molecule has 0 saturated heterocycles. The van der Waals surface area contributed by atoms with Gasteiger partial charge in [-0.1, -0.05) is 24.3 Å². The van der Waals surface area contributed by atoms with Crippen molar-refractivity contribution in [2.75, 3.05) is 0 Å². The van der Waals surface area contributed by atoms with Crippen LogP contribution in [0.2, 0.25) is 0 Å². The molecule has 1 nitrogen and oxygen atoms in total. The normalized spacial score (nSPS) is 19.9. The van der Waals surface area contributed by atoms with Gasteiger partial charge < -0.3 is 5.11 Å². The number of unbranched alkanes of at least 4 members (excludes halogenated alkanes) is 1. The van der Waals surface area contributed by atoms with E-state index in [9.17, 15) is 5.11 Å². The van der Waals surface area contributed by atoms with Crippen molar-refractivity contribution in [2.45, 2.75) is 37.7 Å². The van der Waals surface area contributed by atoms with E-state index in [1.807, 2.05) is 6.07 Å². The molecule has 15 heavy (non-hydrogen) atoms. The fourth-order valence-electron chi connectivity index (χ4n) is 2.26. The van der Waals surface area contributed by atoms with Crippen molar-refractivity contribution in [2.24, 2.45) is 0 Å². The molecule has 78 valence electrons. The van der Waals surface area contributed by atoms with Gasteiger partial charge in [-0.05, 0) is 30.4 Å². The lowest BCUT2D eigenvalue weighted by molar-refractivity contribution is 0.122. The molecule has 2 rings (SSSR count). The number of hydrogen-bond donors (Lipinski definition) is 1. The average molecular weight is 200 g/mol. The molecule has 2 atom stereocenters. The molecular weight excluding hydrogens is 184 g/mol. The van der Waals surface area contributed by atoms with Crippen molar-refractivity contribution in [3.63, 3.8) is 0 Å². The van der Waals surface area contributed by atoms with E-state index in [1.54, 1.807) is 0 Å². The van der Waals surface area contributed by atoms with Crippen LogP contribution >= 0.6 is 0 Å². The van der Waals surface area contributed by atoms with Crippen molar-refractivity contribution >= 4 is 0 Å². The van der Waals surface area contributed by atoms with Crippen LogP contribution in [0.3, 0.4) is 0 Å². The zero-order valence-corrected chi connectivity index (χ0v) is 8.82. The smallest absolute Gasteiger partial charge is 0.0612 e. The first-order valence-electron chi connectivity index (χ1n) is 5.52. The minimum Gasteiger partial charge on any atom is -0.392 e. The summed E-state index contributed by atoms with van der Waals surface area (Å²) in [6.45, 7) is 0. The summed E-state index contributed by atoms with van der Waals surface area (Å²) >= 11 is 0. The Bertz CT molecular complexity index is 375. The monoisotopic (exact) mass is 200 g/mol. The van der Waals surface area contributed by atoms with Crippen LogP contribution < -0.4 is 0 Å². The molecule has 2 unspecified atom stereocenters. The lowest BCUT2D eigenvalue weighted by atomic mass is 9.73. The Morgan fingerprint density at radius 3 is 3.00 bits per heavy atom. The zero-order chi connectivity index (χ0) is 10.7. The predicted molar refractivity (Wildman–Crippen MR) is 61.6 cm³/mol. The molecular formula is C14H16O. The van der Waals surface area contributed by atoms with E-state index in [2.05, 4.69) is 24.1 Å².